The number of rotatable bonds is 3. The van der Waals surface area contributed by atoms with E-state index in [2.05, 4.69) is 25.9 Å². The topological polar surface area (TPSA) is 74.2 Å². The van der Waals surface area contributed by atoms with Crippen molar-refractivity contribution in [3.8, 4) is 5.69 Å². The first-order valence-electron chi connectivity index (χ1n) is 8.32. The number of hydrogen-bond acceptors (Lipinski definition) is 4. The van der Waals surface area contributed by atoms with Crippen LogP contribution < -0.4 is 11.2 Å². The largest absolute Gasteiger partial charge is 0.364 e. The molecule has 0 radical (unpaired) electrons. The van der Waals surface area contributed by atoms with Crippen LogP contribution in [0.3, 0.4) is 0 Å². The Balaban J connectivity index is 1.82. The molecule has 1 aromatic carbocycles. The van der Waals surface area contributed by atoms with Crippen molar-refractivity contribution in [3.05, 3.63) is 91.1 Å². The zero-order valence-electron chi connectivity index (χ0n) is 14.8. The van der Waals surface area contributed by atoms with E-state index in [4.69, 9.17) is 0 Å². The van der Waals surface area contributed by atoms with Crippen LogP contribution >= 0.6 is 15.9 Å². The van der Waals surface area contributed by atoms with E-state index in [0.29, 0.717) is 11.3 Å². The van der Waals surface area contributed by atoms with Gasteiger partial charge in [-0.05, 0) is 59.1 Å². The fourth-order valence-electron chi connectivity index (χ4n) is 2.99. The van der Waals surface area contributed by atoms with E-state index in [1.54, 1.807) is 16.9 Å². The maximum Gasteiger partial charge on any atom is 0.364 e. The maximum atomic E-state index is 12.4. The Morgan fingerprint density at radius 1 is 1.07 bits per heavy atom. The molecule has 0 atom stereocenters. The fraction of sp³-hybridized carbons (Fsp3) is 0.158. The van der Waals surface area contributed by atoms with Gasteiger partial charge in [0.1, 0.15) is 12.0 Å². The summed E-state index contributed by atoms with van der Waals surface area (Å²) in [5, 5.41) is 0. The van der Waals surface area contributed by atoms with Crippen molar-refractivity contribution in [2.45, 2.75) is 20.4 Å². The number of fused-ring (bicyclic) bond motifs is 1. The van der Waals surface area contributed by atoms with Crippen LogP contribution in [0.15, 0.2) is 63.0 Å². The summed E-state index contributed by atoms with van der Waals surface area (Å²) in [6.45, 7) is 4.11. The Morgan fingerprint density at radius 3 is 2.70 bits per heavy atom. The minimum atomic E-state index is -0.395. The summed E-state index contributed by atoms with van der Waals surface area (Å²) in [5.74, 6) is 0. The van der Waals surface area contributed by atoms with E-state index < -0.39 is 5.69 Å². The Kier molecular flexibility index (Phi) is 4.27. The molecule has 3 aromatic heterocycles. The quantitative estimate of drug-likeness (QED) is 0.505. The van der Waals surface area contributed by atoms with Gasteiger partial charge >= 0.3 is 5.69 Å². The van der Waals surface area contributed by atoms with Gasteiger partial charge in [-0.2, -0.15) is 4.98 Å². The molecule has 3 heterocycles. The normalized spacial score (nSPS) is 11.2. The first-order chi connectivity index (χ1) is 12.9. The lowest BCUT2D eigenvalue weighted by molar-refractivity contribution is 0.574. The third-order valence-corrected chi connectivity index (χ3v) is 4.83. The Bertz CT molecular complexity index is 1290. The van der Waals surface area contributed by atoms with Crippen LogP contribution in [0.4, 0.5) is 0 Å². The van der Waals surface area contributed by atoms with Crippen LogP contribution in [0.1, 0.15) is 16.8 Å². The molecule has 136 valence electrons. The van der Waals surface area contributed by atoms with Gasteiger partial charge in [-0.3, -0.25) is 9.20 Å². The van der Waals surface area contributed by atoms with E-state index >= 15 is 0 Å². The van der Waals surface area contributed by atoms with Gasteiger partial charge in [0.2, 0.25) is 0 Å². The summed E-state index contributed by atoms with van der Waals surface area (Å²) in [7, 11) is 0. The van der Waals surface area contributed by atoms with Crippen molar-refractivity contribution >= 4 is 21.6 Å². The monoisotopic (exact) mass is 425 g/mol. The second-order valence-electron chi connectivity index (χ2n) is 6.38. The molecular formula is C19H16BrN5O2. The van der Waals surface area contributed by atoms with Crippen molar-refractivity contribution in [1.29, 1.82) is 0 Å². The number of benzene rings is 1. The van der Waals surface area contributed by atoms with E-state index in [1.165, 1.54) is 21.5 Å². The van der Waals surface area contributed by atoms with Crippen LogP contribution in [-0.2, 0) is 6.54 Å². The molecule has 0 saturated heterocycles. The molecule has 0 fully saturated rings. The third kappa shape index (κ3) is 3.23. The van der Waals surface area contributed by atoms with Crippen LogP contribution in [0.2, 0.25) is 0 Å². The zero-order chi connectivity index (χ0) is 19.1. The number of halogens is 1. The van der Waals surface area contributed by atoms with E-state index in [0.717, 1.165) is 21.3 Å². The van der Waals surface area contributed by atoms with Gasteiger partial charge < -0.3 is 0 Å². The lowest BCUT2D eigenvalue weighted by atomic mass is 10.1. The highest BCUT2D eigenvalue weighted by Gasteiger charge is 2.12. The van der Waals surface area contributed by atoms with Gasteiger partial charge in [0.25, 0.3) is 5.56 Å². The van der Waals surface area contributed by atoms with Crippen molar-refractivity contribution in [3.63, 3.8) is 0 Å². The molecule has 7 nitrogen and oxygen atoms in total. The van der Waals surface area contributed by atoms with Crippen molar-refractivity contribution in [2.24, 2.45) is 0 Å². The second kappa shape index (κ2) is 6.62. The molecule has 0 bridgehead atoms. The van der Waals surface area contributed by atoms with Crippen molar-refractivity contribution < 1.29 is 0 Å². The fourth-order valence-corrected chi connectivity index (χ4v) is 3.32. The molecule has 4 aromatic rings. The lowest BCUT2D eigenvalue weighted by Gasteiger charge is -2.13. The maximum absolute atomic E-state index is 12.4. The zero-order valence-corrected chi connectivity index (χ0v) is 16.3. The first kappa shape index (κ1) is 17.4. The van der Waals surface area contributed by atoms with Crippen molar-refractivity contribution in [2.75, 3.05) is 0 Å². The summed E-state index contributed by atoms with van der Waals surface area (Å²) in [5.41, 5.74) is 3.38. The molecule has 27 heavy (non-hydrogen) atoms. The molecule has 8 heteroatoms. The van der Waals surface area contributed by atoms with Gasteiger partial charge in [0.05, 0.1) is 17.9 Å². The van der Waals surface area contributed by atoms with E-state index in [9.17, 15) is 9.59 Å². The molecule has 0 aliphatic heterocycles. The number of aryl methyl sites for hydroxylation is 2. The molecule has 0 unspecified atom stereocenters. The average molecular weight is 426 g/mol. The average Bonchev–Trinajstić information content (AvgIpc) is 2.98. The van der Waals surface area contributed by atoms with Crippen LogP contribution in [0, 0.1) is 13.8 Å². The molecule has 0 spiro atoms. The molecule has 0 aliphatic rings. The molecular weight excluding hydrogens is 410 g/mol. The number of hydrogen-bond donors (Lipinski definition) is 0. The van der Waals surface area contributed by atoms with Crippen molar-refractivity contribution in [1.82, 2.24) is 23.7 Å². The third-order valence-electron chi connectivity index (χ3n) is 4.36. The molecule has 0 N–H and O–H groups in total. The summed E-state index contributed by atoms with van der Waals surface area (Å²) >= 11 is 3.35. The van der Waals surface area contributed by atoms with Gasteiger partial charge in [-0.1, -0.05) is 12.1 Å². The predicted molar refractivity (Wildman–Crippen MR) is 106 cm³/mol. The van der Waals surface area contributed by atoms with E-state index in [-0.39, 0.29) is 12.1 Å². The standard InChI is InChI=1S/C19H16BrN5O2/c1-12-3-4-13(2)16(7-12)25-11-21-19(27)24(25)10-15-8-18(26)23-9-14(20)5-6-17(23)22-15/h3-9,11H,10H2,1-2H3. The lowest BCUT2D eigenvalue weighted by Crippen LogP contribution is -2.26. The smallest absolute Gasteiger partial charge is 0.269 e. The van der Waals surface area contributed by atoms with Crippen LogP contribution in [0.5, 0.6) is 0 Å². The van der Waals surface area contributed by atoms with E-state index in [1.807, 2.05) is 38.1 Å². The van der Waals surface area contributed by atoms with Gasteiger partial charge in [-0.25, -0.2) is 19.1 Å². The summed E-state index contributed by atoms with van der Waals surface area (Å²) in [4.78, 5) is 33.2. The highest BCUT2D eigenvalue weighted by molar-refractivity contribution is 9.10. The predicted octanol–water partition coefficient (Wildman–Crippen LogP) is 2.47. The summed E-state index contributed by atoms with van der Waals surface area (Å²) < 4.78 is 5.42. The molecule has 0 amide bonds. The Labute approximate surface area is 162 Å². The highest BCUT2D eigenvalue weighted by Crippen LogP contribution is 2.15. The molecule has 4 rings (SSSR count). The van der Waals surface area contributed by atoms with Gasteiger partial charge in [-0.15, -0.1) is 0 Å². The summed E-state index contributed by atoms with van der Waals surface area (Å²) in [6.07, 6.45) is 3.16. The van der Waals surface area contributed by atoms with Gasteiger partial charge in [0, 0.05) is 16.7 Å². The first-order valence-corrected chi connectivity index (χ1v) is 9.11. The van der Waals surface area contributed by atoms with Crippen LogP contribution in [-0.4, -0.2) is 23.7 Å². The number of aromatic nitrogens is 5. The second-order valence-corrected chi connectivity index (χ2v) is 7.30. The molecule has 0 saturated carbocycles. The Hall–Kier alpha value is -3.00. The highest BCUT2D eigenvalue weighted by atomic mass is 79.9. The minimum absolute atomic E-state index is 0.147. The Morgan fingerprint density at radius 2 is 1.89 bits per heavy atom. The van der Waals surface area contributed by atoms with Gasteiger partial charge in [0.15, 0.2) is 0 Å². The SMILES string of the molecule is Cc1ccc(C)c(-n2cnc(=O)n2Cc2cc(=O)n3cc(Br)ccc3n2)c1. The number of nitrogens with zero attached hydrogens (tertiary/aromatic N) is 5. The number of pyridine rings is 1. The minimum Gasteiger partial charge on any atom is -0.269 e. The molecule has 0 aliphatic carbocycles. The summed E-state index contributed by atoms with van der Waals surface area (Å²) in [6, 6.07) is 11.0. The van der Waals surface area contributed by atoms with Crippen LogP contribution in [0.25, 0.3) is 11.3 Å².